The third kappa shape index (κ3) is 4.64. The molecule has 1 N–H and O–H groups in total. The minimum absolute atomic E-state index is 0.569. The summed E-state index contributed by atoms with van der Waals surface area (Å²) in [6.45, 7) is 15.0. The van der Waals surface area contributed by atoms with Crippen LogP contribution in [0, 0.1) is 5.92 Å². The van der Waals surface area contributed by atoms with Gasteiger partial charge in [-0.1, -0.05) is 20.8 Å². The summed E-state index contributed by atoms with van der Waals surface area (Å²) in [6.07, 6.45) is 3.90. The number of nitrogens with zero attached hydrogens (tertiary/aromatic N) is 4. The number of anilines is 1. The molecule has 5 nitrogen and oxygen atoms in total. The van der Waals surface area contributed by atoms with Crippen molar-refractivity contribution in [3.8, 4) is 0 Å². The molecule has 2 heterocycles. The van der Waals surface area contributed by atoms with Gasteiger partial charge in [0.25, 0.3) is 0 Å². The SMILES string of the molecule is CCN1CCN(c2ncc(CNCC(C)C)cn2)CC1C. The molecule has 0 saturated carbocycles. The number of rotatable bonds is 6. The molecule has 0 aliphatic carbocycles. The summed E-state index contributed by atoms with van der Waals surface area (Å²) in [7, 11) is 0. The van der Waals surface area contributed by atoms with Gasteiger partial charge in [0.1, 0.15) is 0 Å². The Morgan fingerprint density at radius 2 is 2.00 bits per heavy atom. The average molecular weight is 291 g/mol. The molecule has 118 valence electrons. The minimum atomic E-state index is 0.569. The van der Waals surface area contributed by atoms with Gasteiger partial charge < -0.3 is 10.2 Å². The van der Waals surface area contributed by atoms with E-state index in [1.807, 2.05) is 12.4 Å². The van der Waals surface area contributed by atoms with Gasteiger partial charge in [-0.3, -0.25) is 4.90 Å². The predicted octanol–water partition coefficient (Wildman–Crippen LogP) is 1.75. The topological polar surface area (TPSA) is 44.3 Å². The molecule has 5 heteroatoms. The van der Waals surface area contributed by atoms with Gasteiger partial charge in [0.2, 0.25) is 5.95 Å². The van der Waals surface area contributed by atoms with E-state index in [-0.39, 0.29) is 0 Å². The molecule has 0 amide bonds. The largest absolute Gasteiger partial charge is 0.338 e. The fourth-order valence-electron chi connectivity index (χ4n) is 2.75. The van der Waals surface area contributed by atoms with E-state index in [4.69, 9.17) is 0 Å². The Morgan fingerprint density at radius 3 is 2.57 bits per heavy atom. The second-order valence-corrected chi connectivity index (χ2v) is 6.34. The molecule has 1 fully saturated rings. The number of hydrogen-bond acceptors (Lipinski definition) is 5. The Morgan fingerprint density at radius 1 is 1.29 bits per heavy atom. The molecule has 0 aromatic carbocycles. The maximum Gasteiger partial charge on any atom is 0.225 e. The molecule has 1 aromatic rings. The lowest BCUT2D eigenvalue weighted by atomic mass is 10.2. The van der Waals surface area contributed by atoms with Crippen molar-refractivity contribution in [3.63, 3.8) is 0 Å². The molecule has 1 aliphatic rings. The first-order chi connectivity index (χ1) is 10.1. The van der Waals surface area contributed by atoms with Crippen molar-refractivity contribution >= 4 is 5.95 Å². The van der Waals surface area contributed by atoms with Gasteiger partial charge in [-0.2, -0.15) is 0 Å². The van der Waals surface area contributed by atoms with Crippen LogP contribution >= 0.6 is 0 Å². The predicted molar refractivity (Wildman–Crippen MR) is 87.5 cm³/mol. The highest BCUT2D eigenvalue weighted by Gasteiger charge is 2.23. The maximum atomic E-state index is 4.54. The molecule has 1 aromatic heterocycles. The Kier molecular flexibility index (Phi) is 5.94. The van der Waals surface area contributed by atoms with Gasteiger partial charge in [0.05, 0.1) is 0 Å². The van der Waals surface area contributed by atoms with Gasteiger partial charge in [0, 0.05) is 50.2 Å². The van der Waals surface area contributed by atoms with Crippen LogP contribution in [0.1, 0.15) is 33.3 Å². The zero-order valence-electron chi connectivity index (χ0n) is 13.8. The number of aromatic nitrogens is 2. The molecule has 0 spiro atoms. The third-order valence-electron chi connectivity index (χ3n) is 4.03. The van der Waals surface area contributed by atoms with Crippen LogP contribution in [0.15, 0.2) is 12.4 Å². The molecule has 0 bridgehead atoms. The van der Waals surface area contributed by atoms with Crippen molar-refractivity contribution in [1.82, 2.24) is 20.2 Å². The van der Waals surface area contributed by atoms with E-state index >= 15 is 0 Å². The van der Waals surface area contributed by atoms with Crippen LogP contribution in [-0.4, -0.2) is 53.6 Å². The van der Waals surface area contributed by atoms with Gasteiger partial charge in [-0.25, -0.2) is 9.97 Å². The van der Waals surface area contributed by atoms with Crippen LogP contribution in [-0.2, 0) is 6.54 Å². The van der Waals surface area contributed by atoms with Crippen molar-refractivity contribution in [1.29, 1.82) is 0 Å². The number of likely N-dealkylation sites (N-methyl/N-ethyl adjacent to an activating group) is 1. The van der Waals surface area contributed by atoms with Gasteiger partial charge in [0.15, 0.2) is 0 Å². The first-order valence-electron chi connectivity index (χ1n) is 8.10. The van der Waals surface area contributed by atoms with Gasteiger partial charge in [-0.15, -0.1) is 0 Å². The Hall–Kier alpha value is -1.20. The fourth-order valence-corrected chi connectivity index (χ4v) is 2.75. The van der Waals surface area contributed by atoms with Crippen molar-refractivity contribution in [2.45, 2.75) is 40.3 Å². The zero-order valence-corrected chi connectivity index (χ0v) is 13.8. The Bertz CT molecular complexity index is 417. The lowest BCUT2D eigenvalue weighted by Crippen LogP contribution is -2.52. The second-order valence-electron chi connectivity index (χ2n) is 6.34. The average Bonchev–Trinajstić information content (AvgIpc) is 2.47. The summed E-state index contributed by atoms with van der Waals surface area (Å²) in [6, 6.07) is 0.569. The first kappa shape index (κ1) is 16.2. The van der Waals surface area contributed by atoms with Gasteiger partial charge in [-0.05, 0) is 25.9 Å². The Labute approximate surface area is 128 Å². The third-order valence-corrected chi connectivity index (χ3v) is 4.03. The highest BCUT2D eigenvalue weighted by atomic mass is 15.3. The summed E-state index contributed by atoms with van der Waals surface area (Å²) >= 11 is 0. The zero-order chi connectivity index (χ0) is 15.2. The van der Waals surface area contributed by atoms with Crippen LogP contribution < -0.4 is 10.2 Å². The van der Waals surface area contributed by atoms with E-state index in [1.165, 1.54) is 0 Å². The monoisotopic (exact) mass is 291 g/mol. The first-order valence-corrected chi connectivity index (χ1v) is 8.10. The van der Waals surface area contributed by atoms with E-state index in [9.17, 15) is 0 Å². The summed E-state index contributed by atoms with van der Waals surface area (Å²) in [4.78, 5) is 13.9. The summed E-state index contributed by atoms with van der Waals surface area (Å²) in [5, 5.41) is 3.42. The number of hydrogen-bond donors (Lipinski definition) is 1. The van der Waals surface area contributed by atoms with Crippen molar-refractivity contribution in [2.75, 3.05) is 37.6 Å². The summed E-state index contributed by atoms with van der Waals surface area (Å²) in [5.74, 6) is 1.53. The standard InChI is InChI=1S/C16H29N5/c1-5-20-6-7-21(12-14(20)4)16-18-10-15(11-19-16)9-17-8-13(2)3/h10-11,13-14,17H,5-9,12H2,1-4H3. The minimum Gasteiger partial charge on any atom is -0.338 e. The van der Waals surface area contributed by atoms with Crippen molar-refractivity contribution in [2.24, 2.45) is 5.92 Å². The summed E-state index contributed by atoms with van der Waals surface area (Å²) in [5.41, 5.74) is 1.15. The van der Waals surface area contributed by atoms with Crippen LogP contribution in [0.25, 0.3) is 0 Å². The van der Waals surface area contributed by atoms with E-state index < -0.39 is 0 Å². The lowest BCUT2D eigenvalue weighted by molar-refractivity contribution is 0.198. The Balaban J connectivity index is 1.87. The smallest absolute Gasteiger partial charge is 0.225 e. The van der Waals surface area contributed by atoms with E-state index in [0.717, 1.165) is 50.8 Å². The van der Waals surface area contributed by atoms with E-state index in [1.54, 1.807) is 0 Å². The quantitative estimate of drug-likeness (QED) is 0.865. The molecule has 0 radical (unpaired) electrons. The summed E-state index contributed by atoms with van der Waals surface area (Å²) < 4.78 is 0. The number of piperazine rings is 1. The molecule has 1 aliphatic heterocycles. The van der Waals surface area contributed by atoms with Crippen molar-refractivity contribution in [3.05, 3.63) is 18.0 Å². The van der Waals surface area contributed by atoms with Crippen LogP contribution in [0.5, 0.6) is 0 Å². The second kappa shape index (κ2) is 7.71. The molecule has 1 unspecified atom stereocenters. The number of nitrogens with one attached hydrogen (secondary N) is 1. The lowest BCUT2D eigenvalue weighted by Gasteiger charge is -2.39. The fraction of sp³-hybridized carbons (Fsp3) is 0.750. The maximum absolute atomic E-state index is 4.54. The van der Waals surface area contributed by atoms with Gasteiger partial charge >= 0.3 is 0 Å². The van der Waals surface area contributed by atoms with Crippen LogP contribution in [0.2, 0.25) is 0 Å². The van der Waals surface area contributed by atoms with Crippen LogP contribution in [0.3, 0.4) is 0 Å². The van der Waals surface area contributed by atoms with E-state index in [0.29, 0.717) is 12.0 Å². The molecule has 1 atom stereocenters. The normalized spacial score (nSPS) is 20.2. The van der Waals surface area contributed by atoms with Crippen LogP contribution in [0.4, 0.5) is 5.95 Å². The molecule has 2 rings (SSSR count). The highest BCUT2D eigenvalue weighted by Crippen LogP contribution is 2.14. The molecule has 21 heavy (non-hydrogen) atoms. The highest BCUT2D eigenvalue weighted by molar-refractivity contribution is 5.31. The van der Waals surface area contributed by atoms with Crippen molar-refractivity contribution < 1.29 is 0 Å². The molecular formula is C16H29N5. The molecule has 1 saturated heterocycles. The molecular weight excluding hydrogens is 262 g/mol. The van der Waals surface area contributed by atoms with E-state index in [2.05, 4.69) is 52.8 Å².